The average Bonchev–Trinajstić information content (AvgIpc) is 2.98. The van der Waals surface area contributed by atoms with Gasteiger partial charge >= 0.3 is 0 Å². The molecule has 1 heterocycles. The third-order valence-electron chi connectivity index (χ3n) is 3.36. The molecular formula is C14H19NO4S. The molecule has 0 unspecified atom stereocenters. The number of hydrogen-bond donors (Lipinski definition) is 1. The molecule has 0 aliphatic carbocycles. The number of benzene rings is 1. The molecule has 0 spiro atoms. The highest BCUT2D eigenvalue weighted by molar-refractivity contribution is 7.91. The minimum atomic E-state index is -3.40. The molecule has 1 fully saturated rings. The van der Waals surface area contributed by atoms with Crippen molar-refractivity contribution >= 4 is 15.7 Å². The summed E-state index contributed by atoms with van der Waals surface area (Å²) in [5, 5.41) is 2.75. The van der Waals surface area contributed by atoms with E-state index in [1.54, 1.807) is 19.1 Å². The van der Waals surface area contributed by atoms with Crippen LogP contribution in [0.3, 0.4) is 0 Å². The Hall–Kier alpha value is -1.40. The monoisotopic (exact) mass is 297 g/mol. The first-order valence-electron chi connectivity index (χ1n) is 6.76. The average molecular weight is 297 g/mol. The lowest BCUT2D eigenvalue weighted by Crippen LogP contribution is -2.32. The number of ether oxygens (including phenoxy) is 1. The molecule has 20 heavy (non-hydrogen) atoms. The van der Waals surface area contributed by atoms with Crippen molar-refractivity contribution in [3.63, 3.8) is 0 Å². The van der Waals surface area contributed by atoms with Crippen LogP contribution in [0, 0.1) is 0 Å². The first-order valence-corrected chi connectivity index (χ1v) is 8.41. The fourth-order valence-electron chi connectivity index (χ4n) is 2.19. The third-order valence-corrected chi connectivity index (χ3v) is 5.15. The van der Waals surface area contributed by atoms with Crippen molar-refractivity contribution < 1.29 is 17.9 Å². The first kappa shape index (κ1) is 15.0. The number of rotatable bonds is 5. The van der Waals surface area contributed by atoms with Crippen LogP contribution in [0.1, 0.15) is 30.1 Å². The van der Waals surface area contributed by atoms with Crippen LogP contribution in [0.4, 0.5) is 0 Å². The minimum absolute atomic E-state index is 0.0248. The molecule has 1 N–H and O–H groups in total. The lowest BCUT2D eigenvalue weighted by Gasteiger charge is -2.13. The topological polar surface area (TPSA) is 72.5 Å². The van der Waals surface area contributed by atoms with Gasteiger partial charge in [0.2, 0.25) is 0 Å². The molecule has 5 nitrogen and oxygen atoms in total. The van der Waals surface area contributed by atoms with Crippen molar-refractivity contribution in [1.29, 1.82) is 0 Å². The first-order chi connectivity index (χ1) is 9.54. The molecular weight excluding hydrogens is 278 g/mol. The van der Waals surface area contributed by atoms with Crippen molar-refractivity contribution in [2.24, 2.45) is 0 Å². The van der Waals surface area contributed by atoms with Crippen molar-refractivity contribution in [2.45, 2.75) is 30.8 Å². The zero-order valence-electron chi connectivity index (χ0n) is 11.5. The van der Waals surface area contributed by atoms with Gasteiger partial charge in [-0.05, 0) is 25.0 Å². The van der Waals surface area contributed by atoms with Gasteiger partial charge in [-0.25, -0.2) is 8.42 Å². The van der Waals surface area contributed by atoms with E-state index in [-0.39, 0.29) is 28.2 Å². The van der Waals surface area contributed by atoms with E-state index in [2.05, 4.69) is 5.32 Å². The van der Waals surface area contributed by atoms with Crippen LogP contribution in [0.5, 0.6) is 0 Å². The van der Waals surface area contributed by atoms with E-state index in [0.717, 1.165) is 19.4 Å². The molecule has 0 radical (unpaired) electrons. The van der Waals surface area contributed by atoms with E-state index in [1.165, 1.54) is 12.1 Å². The fourth-order valence-corrected chi connectivity index (χ4v) is 3.28. The van der Waals surface area contributed by atoms with E-state index in [0.29, 0.717) is 6.54 Å². The number of carbonyl (C=O) groups excluding carboxylic acids is 1. The van der Waals surface area contributed by atoms with Crippen LogP contribution in [0.2, 0.25) is 0 Å². The van der Waals surface area contributed by atoms with Gasteiger partial charge in [0.05, 0.1) is 22.3 Å². The summed E-state index contributed by atoms with van der Waals surface area (Å²) in [4.78, 5) is 12.2. The second kappa shape index (κ2) is 6.37. The number of hydrogen-bond acceptors (Lipinski definition) is 4. The quantitative estimate of drug-likeness (QED) is 0.891. The Morgan fingerprint density at radius 2 is 2.15 bits per heavy atom. The Morgan fingerprint density at radius 1 is 1.40 bits per heavy atom. The predicted octanol–water partition coefficient (Wildman–Crippen LogP) is 1.39. The van der Waals surface area contributed by atoms with Gasteiger partial charge in [0, 0.05) is 13.2 Å². The van der Waals surface area contributed by atoms with Crippen molar-refractivity contribution in [3.8, 4) is 0 Å². The predicted molar refractivity (Wildman–Crippen MR) is 75.5 cm³/mol. The van der Waals surface area contributed by atoms with E-state index in [9.17, 15) is 13.2 Å². The third kappa shape index (κ3) is 3.37. The molecule has 1 amide bonds. The summed E-state index contributed by atoms with van der Waals surface area (Å²) in [6.45, 7) is 2.71. The van der Waals surface area contributed by atoms with Gasteiger partial charge in [-0.15, -0.1) is 0 Å². The van der Waals surface area contributed by atoms with E-state index >= 15 is 0 Å². The SMILES string of the molecule is CCS(=O)(=O)c1ccccc1C(=O)NC[C@@H]1CCCO1. The van der Waals surface area contributed by atoms with Gasteiger partial charge in [0.15, 0.2) is 9.84 Å². The summed E-state index contributed by atoms with van der Waals surface area (Å²) in [6.07, 6.45) is 1.96. The second-order valence-electron chi connectivity index (χ2n) is 4.74. The van der Waals surface area contributed by atoms with E-state index in [1.807, 2.05) is 0 Å². The highest BCUT2D eigenvalue weighted by atomic mass is 32.2. The van der Waals surface area contributed by atoms with Crippen molar-refractivity contribution in [2.75, 3.05) is 18.9 Å². The Balaban J connectivity index is 2.13. The summed E-state index contributed by atoms with van der Waals surface area (Å²) in [5.74, 6) is -0.392. The molecule has 0 aromatic heterocycles. The maximum absolute atomic E-state index is 12.2. The standard InChI is InChI=1S/C14H19NO4S/c1-2-20(17,18)13-8-4-3-7-12(13)14(16)15-10-11-6-5-9-19-11/h3-4,7-8,11H,2,5-6,9-10H2,1H3,(H,15,16)/t11-/m0/s1. The second-order valence-corrected chi connectivity index (χ2v) is 6.99. The van der Waals surface area contributed by atoms with Gasteiger partial charge in [0.1, 0.15) is 0 Å². The zero-order valence-corrected chi connectivity index (χ0v) is 12.3. The lowest BCUT2D eigenvalue weighted by atomic mass is 10.2. The highest BCUT2D eigenvalue weighted by Gasteiger charge is 2.22. The van der Waals surface area contributed by atoms with Crippen LogP contribution < -0.4 is 5.32 Å². The van der Waals surface area contributed by atoms with Gasteiger partial charge in [-0.1, -0.05) is 19.1 Å². The molecule has 110 valence electrons. The molecule has 1 aromatic rings. The smallest absolute Gasteiger partial charge is 0.252 e. The van der Waals surface area contributed by atoms with Crippen LogP contribution >= 0.6 is 0 Å². The van der Waals surface area contributed by atoms with Crippen LogP contribution in [0.15, 0.2) is 29.2 Å². The fraction of sp³-hybridized carbons (Fsp3) is 0.500. The summed E-state index contributed by atoms with van der Waals surface area (Å²) in [5.41, 5.74) is 0.201. The number of amides is 1. The molecule has 2 rings (SSSR count). The zero-order chi connectivity index (χ0) is 14.6. The summed E-state index contributed by atoms with van der Waals surface area (Å²) in [6, 6.07) is 6.29. The van der Waals surface area contributed by atoms with Gasteiger partial charge in [-0.2, -0.15) is 0 Å². The maximum Gasteiger partial charge on any atom is 0.252 e. The van der Waals surface area contributed by atoms with Crippen LogP contribution in [0.25, 0.3) is 0 Å². The number of sulfone groups is 1. The highest BCUT2D eigenvalue weighted by Crippen LogP contribution is 2.17. The Morgan fingerprint density at radius 3 is 2.80 bits per heavy atom. The molecule has 1 aliphatic heterocycles. The number of nitrogens with one attached hydrogen (secondary N) is 1. The van der Waals surface area contributed by atoms with Gasteiger partial charge in [0.25, 0.3) is 5.91 Å². The Kier molecular flexibility index (Phi) is 4.77. The largest absolute Gasteiger partial charge is 0.376 e. The maximum atomic E-state index is 12.2. The molecule has 0 saturated carbocycles. The van der Waals surface area contributed by atoms with Gasteiger partial charge in [-0.3, -0.25) is 4.79 Å². The van der Waals surface area contributed by atoms with Crippen molar-refractivity contribution in [3.05, 3.63) is 29.8 Å². The molecule has 6 heteroatoms. The van der Waals surface area contributed by atoms with Crippen molar-refractivity contribution in [1.82, 2.24) is 5.32 Å². The Labute approximate surface area is 119 Å². The summed E-state index contributed by atoms with van der Waals surface area (Å²) < 4.78 is 29.4. The summed E-state index contributed by atoms with van der Waals surface area (Å²) >= 11 is 0. The molecule has 1 aliphatic rings. The van der Waals surface area contributed by atoms with Crippen LogP contribution in [-0.2, 0) is 14.6 Å². The molecule has 1 saturated heterocycles. The number of carbonyl (C=O) groups is 1. The Bertz CT molecular complexity index is 577. The lowest BCUT2D eigenvalue weighted by molar-refractivity contribution is 0.0855. The van der Waals surface area contributed by atoms with E-state index in [4.69, 9.17) is 4.74 Å². The van der Waals surface area contributed by atoms with Gasteiger partial charge < -0.3 is 10.1 Å². The summed E-state index contributed by atoms with van der Waals surface area (Å²) in [7, 11) is -3.40. The molecule has 1 atom stereocenters. The normalized spacial score (nSPS) is 18.9. The molecule has 1 aromatic carbocycles. The minimum Gasteiger partial charge on any atom is -0.376 e. The molecule has 0 bridgehead atoms. The van der Waals surface area contributed by atoms with Crippen LogP contribution in [-0.4, -0.2) is 39.3 Å². The van der Waals surface area contributed by atoms with E-state index < -0.39 is 9.84 Å².